The smallest absolute Gasteiger partial charge is 0.870 e. The van der Waals surface area contributed by atoms with E-state index in [1.165, 1.54) is 31.9 Å². The number of Topliss-reactive ketones (excluding diaryl/α,β-unsaturated/α-hetero) is 1. The number of benzene rings is 6. The van der Waals surface area contributed by atoms with Crippen LogP contribution in [-0.4, -0.2) is 66.5 Å². The molecule has 0 saturated heterocycles. The SMILES string of the molecule is CC(=O)c1nc(-c2ccc(C[C@H](C)CCO[Si](c3ccccc3)(c3ccccc3)C(C)(C)C)cc2)cn1C.C[C@H](CCO[Si](c1ccccc1)(c1ccccc1)C(C)(C)C)Cc1ccc(-c2cn(C)c([C-]=O)n2)cc1.[Na+].[OH-]. The molecule has 0 aliphatic rings. The Labute approximate surface area is 483 Å². The van der Waals surface area contributed by atoms with Crippen LogP contribution in [0, 0.1) is 11.8 Å². The van der Waals surface area contributed by atoms with Gasteiger partial charge in [-0.05, 0) is 85.3 Å². The van der Waals surface area contributed by atoms with Gasteiger partial charge in [0.05, 0.1) is 11.4 Å². The Bertz CT molecular complexity index is 2980. The maximum absolute atomic E-state index is 11.8. The Morgan fingerprint density at radius 3 is 1.14 bits per heavy atom. The first-order valence-electron chi connectivity index (χ1n) is 26.5. The summed E-state index contributed by atoms with van der Waals surface area (Å²) in [6.07, 6.45) is 9.61. The minimum Gasteiger partial charge on any atom is -0.870 e. The zero-order valence-corrected chi connectivity index (χ0v) is 51.6. The molecule has 2 atom stereocenters. The summed E-state index contributed by atoms with van der Waals surface area (Å²) in [4.78, 5) is 31.6. The number of ketones is 1. The van der Waals surface area contributed by atoms with Crippen LogP contribution in [-0.2, 0) is 40.6 Å². The van der Waals surface area contributed by atoms with Gasteiger partial charge in [0.2, 0.25) is 0 Å². The molecule has 0 aliphatic heterocycles. The molecule has 8 rings (SSSR count). The van der Waals surface area contributed by atoms with Crippen molar-refractivity contribution < 1.29 is 53.5 Å². The third kappa shape index (κ3) is 15.0. The van der Waals surface area contributed by atoms with Crippen LogP contribution in [0.4, 0.5) is 0 Å². The van der Waals surface area contributed by atoms with E-state index in [1.54, 1.807) is 16.1 Å². The van der Waals surface area contributed by atoms with Gasteiger partial charge in [0.25, 0.3) is 16.6 Å². The molecule has 12 heteroatoms. The molecule has 0 spiro atoms. The van der Waals surface area contributed by atoms with E-state index in [4.69, 9.17) is 8.85 Å². The largest absolute Gasteiger partial charge is 1.00 e. The predicted molar refractivity (Wildman–Crippen MR) is 316 cm³/mol. The molecule has 2 heterocycles. The number of carbonyl (C=O) groups excluding carboxylic acids is 2. The summed E-state index contributed by atoms with van der Waals surface area (Å²) < 4.78 is 17.6. The van der Waals surface area contributed by atoms with Gasteiger partial charge in [-0.25, -0.2) is 4.98 Å². The van der Waals surface area contributed by atoms with Crippen molar-refractivity contribution >= 4 is 49.5 Å². The Hall–Kier alpha value is -5.61. The number of hydrogen-bond acceptors (Lipinski definition) is 7. The second-order valence-corrected chi connectivity index (χ2v) is 31.0. The van der Waals surface area contributed by atoms with Crippen LogP contribution in [0.2, 0.25) is 10.1 Å². The number of carbonyl (C=O) groups is 1. The first-order valence-corrected chi connectivity index (χ1v) is 30.3. The summed E-state index contributed by atoms with van der Waals surface area (Å²) in [5.74, 6) is 1.74. The van der Waals surface area contributed by atoms with E-state index >= 15 is 0 Å². The van der Waals surface area contributed by atoms with Crippen LogP contribution >= 0.6 is 0 Å². The molecule has 77 heavy (non-hydrogen) atoms. The van der Waals surface area contributed by atoms with Crippen LogP contribution in [0.5, 0.6) is 0 Å². The van der Waals surface area contributed by atoms with E-state index in [2.05, 4.69) is 235 Å². The molecule has 8 aromatic rings. The first kappa shape index (κ1) is 62.2. The van der Waals surface area contributed by atoms with E-state index in [-0.39, 0.29) is 50.9 Å². The van der Waals surface area contributed by atoms with Gasteiger partial charge in [-0.3, -0.25) is 9.78 Å². The van der Waals surface area contributed by atoms with E-state index in [1.807, 2.05) is 32.8 Å². The number of nitrogens with zero attached hydrogens (tertiary/aromatic N) is 4. The molecular formula is C65H78N4NaO5Si2-. The molecule has 2 aromatic heterocycles. The van der Waals surface area contributed by atoms with Crippen molar-refractivity contribution in [1.29, 1.82) is 0 Å². The average molecular weight is 1070 g/mol. The first-order chi connectivity index (χ1) is 35.9. The fourth-order valence-electron chi connectivity index (χ4n) is 10.6. The zero-order valence-electron chi connectivity index (χ0n) is 47.6. The molecule has 0 unspecified atom stereocenters. The third-order valence-corrected chi connectivity index (χ3v) is 24.6. The summed E-state index contributed by atoms with van der Waals surface area (Å²) in [5, 5.41) is 5.27. The molecule has 0 saturated carbocycles. The predicted octanol–water partition coefficient (Wildman–Crippen LogP) is 8.95. The van der Waals surface area contributed by atoms with Gasteiger partial charge in [-0.15, -0.1) is 0 Å². The Balaban J connectivity index is 0.000000277. The molecule has 9 nitrogen and oxygen atoms in total. The third-order valence-electron chi connectivity index (χ3n) is 14.5. The normalized spacial score (nSPS) is 12.6. The topological polar surface area (TPSA) is 118 Å². The molecule has 398 valence electrons. The molecule has 1 N–H and O–H groups in total. The summed E-state index contributed by atoms with van der Waals surface area (Å²) in [7, 11) is -1.33. The van der Waals surface area contributed by atoms with Crippen molar-refractivity contribution in [3.63, 3.8) is 0 Å². The fourth-order valence-corrected chi connectivity index (χ4v) is 19.8. The van der Waals surface area contributed by atoms with Crippen molar-refractivity contribution in [2.24, 2.45) is 25.9 Å². The van der Waals surface area contributed by atoms with Gasteiger partial charge in [-0.1, -0.05) is 225 Å². The van der Waals surface area contributed by atoms with E-state index in [9.17, 15) is 9.59 Å². The van der Waals surface area contributed by atoms with Crippen LogP contribution in [0.1, 0.15) is 103 Å². The van der Waals surface area contributed by atoms with Crippen molar-refractivity contribution in [3.05, 3.63) is 205 Å². The number of imidazole rings is 2. The van der Waals surface area contributed by atoms with Crippen molar-refractivity contribution in [2.45, 2.75) is 98.1 Å². The monoisotopic (exact) mass is 1070 g/mol. The molecule has 6 aromatic carbocycles. The summed E-state index contributed by atoms with van der Waals surface area (Å²) in [6, 6.07) is 60.4. The van der Waals surface area contributed by atoms with Crippen molar-refractivity contribution in [3.8, 4) is 22.5 Å². The maximum Gasteiger partial charge on any atom is 1.00 e. The number of aryl methyl sites for hydroxylation is 2. The maximum atomic E-state index is 11.8. The molecule has 0 amide bonds. The van der Waals surface area contributed by atoms with E-state index in [0.717, 1.165) is 61.4 Å². The summed E-state index contributed by atoms with van der Waals surface area (Å²) in [6.45, 7) is 21.6. The van der Waals surface area contributed by atoms with Crippen molar-refractivity contribution in [2.75, 3.05) is 13.2 Å². The Kier molecular flexibility index (Phi) is 22.5. The standard InChI is InChI=1S/C33H40N2O2Si.C32H37N2O2Si.Na.H2O/c1-25(23-27-17-19-28(20-18-27)31-24-35(6)32(34-31)26(2)36)21-22-37-38(33(3,4)5,29-13-9-7-10-14-29)30-15-11-8-12-16-30;1-25(22-26-16-18-27(19-17-26)30-23-34(5)31(24-35)33-30)20-21-36-37(32(2,3)4,28-12-8-6-9-13-28)29-14-10-7-11-15-29;;/h7-20,24-25H,21-23H2,1-6H3;6-19,23,25H,20-22H2,1-5H3;;1H2/q;-1;+1;/p-1/t2*25-;;/m11../s1. The fraction of sp³-hybridized carbons (Fsp3) is 0.323. The quantitative estimate of drug-likeness (QED) is 0.0425. The number of aromatic nitrogens is 4. The van der Waals surface area contributed by atoms with E-state index in [0.29, 0.717) is 23.5 Å². The minimum absolute atomic E-state index is 0. The van der Waals surface area contributed by atoms with Crippen molar-refractivity contribution in [1.82, 2.24) is 19.1 Å². The van der Waals surface area contributed by atoms with Gasteiger partial charge in [-0.2, -0.15) is 6.29 Å². The van der Waals surface area contributed by atoms with E-state index < -0.39 is 16.6 Å². The second kappa shape index (κ2) is 27.8. The van der Waals surface area contributed by atoms with Gasteiger partial charge in [0, 0.05) is 57.8 Å². The second-order valence-electron chi connectivity index (χ2n) is 22.4. The van der Waals surface area contributed by atoms with Gasteiger partial charge < -0.3 is 28.3 Å². The summed E-state index contributed by atoms with van der Waals surface area (Å²) in [5.41, 5.74) is 6.24. The summed E-state index contributed by atoms with van der Waals surface area (Å²) >= 11 is 0. The van der Waals surface area contributed by atoms with Crippen LogP contribution < -0.4 is 50.3 Å². The number of hydrogen-bond donors (Lipinski definition) is 0. The van der Waals surface area contributed by atoms with Crippen LogP contribution in [0.15, 0.2) is 182 Å². The molecular weight excluding hydrogens is 996 g/mol. The molecule has 0 radical (unpaired) electrons. The molecule has 0 fully saturated rings. The zero-order chi connectivity index (χ0) is 53.8. The molecule has 0 bridgehead atoms. The van der Waals surface area contributed by atoms with Gasteiger partial charge >= 0.3 is 29.6 Å². The molecule has 0 aliphatic carbocycles. The van der Waals surface area contributed by atoms with Crippen LogP contribution in [0.25, 0.3) is 22.5 Å². The minimum atomic E-state index is -2.50. The Morgan fingerprint density at radius 1 is 0.532 bits per heavy atom. The van der Waals surface area contributed by atoms with Gasteiger partial charge in [0.15, 0.2) is 11.6 Å². The average Bonchev–Trinajstić information content (AvgIpc) is 4.00. The number of rotatable bonds is 20. The van der Waals surface area contributed by atoms with Gasteiger partial charge in [0.1, 0.15) is 0 Å². The Morgan fingerprint density at radius 2 is 0.857 bits per heavy atom. The van der Waals surface area contributed by atoms with Crippen LogP contribution in [0.3, 0.4) is 0 Å².